The first-order valence-electron chi connectivity index (χ1n) is 4.77. The van der Waals surface area contributed by atoms with Gasteiger partial charge < -0.3 is 10.8 Å². The van der Waals surface area contributed by atoms with E-state index in [1.165, 1.54) is 6.07 Å². The Hall–Kier alpha value is -0.930. The summed E-state index contributed by atoms with van der Waals surface area (Å²) in [4.78, 5) is 0. The Morgan fingerprint density at radius 1 is 1.43 bits per heavy atom. The fourth-order valence-corrected chi connectivity index (χ4v) is 1.57. The lowest BCUT2D eigenvalue weighted by Gasteiger charge is -2.17. The van der Waals surface area contributed by atoms with Crippen molar-refractivity contribution in [1.29, 1.82) is 0 Å². The number of nitrogens with two attached hydrogens (primary N) is 1. The van der Waals surface area contributed by atoms with Crippen molar-refractivity contribution in [3.63, 3.8) is 0 Å². The fraction of sp³-hybridized carbons (Fsp3) is 0.455. The molecule has 1 rings (SSSR count). The van der Waals surface area contributed by atoms with Crippen molar-refractivity contribution in [2.45, 2.75) is 25.4 Å². The maximum atomic E-state index is 13.3. The molecular formula is C11H16FNO. The first-order chi connectivity index (χ1) is 6.65. The van der Waals surface area contributed by atoms with E-state index in [0.717, 1.165) is 0 Å². The number of hydrogen-bond acceptors (Lipinski definition) is 2. The summed E-state index contributed by atoms with van der Waals surface area (Å²) in [7, 11) is 0. The Morgan fingerprint density at radius 3 is 2.57 bits per heavy atom. The molecule has 3 heteroatoms. The largest absolute Gasteiger partial charge is 0.393 e. The molecule has 2 unspecified atom stereocenters. The Labute approximate surface area is 83.6 Å². The Bertz CT molecular complexity index is 288. The highest BCUT2D eigenvalue weighted by atomic mass is 19.1. The fourth-order valence-electron chi connectivity index (χ4n) is 1.57. The third kappa shape index (κ3) is 2.79. The normalized spacial score (nSPS) is 15.1. The molecule has 2 nitrogen and oxygen atoms in total. The van der Waals surface area contributed by atoms with Crippen LogP contribution in [0.1, 0.15) is 24.8 Å². The minimum absolute atomic E-state index is 0.101. The van der Waals surface area contributed by atoms with Crippen LogP contribution in [-0.4, -0.2) is 17.8 Å². The van der Waals surface area contributed by atoms with E-state index in [-0.39, 0.29) is 11.7 Å². The van der Waals surface area contributed by atoms with Crippen molar-refractivity contribution in [3.8, 4) is 0 Å². The van der Waals surface area contributed by atoms with Crippen LogP contribution in [0.15, 0.2) is 24.3 Å². The van der Waals surface area contributed by atoms with E-state index in [1.807, 2.05) is 0 Å². The van der Waals surface area contributed by atoms with Gasteiger partial charge in [0, 0.05) is 5.92 Å². The molecule has 0 saturated carbocycles. The van der Waals surface area contributed by atoms with Crippen LogP contribution in [0.25, 0.3) is 0 Å². The molecule has 0 fully saturated rings. The van der Waals surface area contributed by atoms with Crippen molar-refractivity contribution >= 4 is 0 Å². The van der Waals surface area contributed by atoms with Crippen LogP contribution in [0.4, 0.5) is 4.39 Å². The van der Waals surface area contributed by atoms with Gasteiger partial charge in [-0.05, 0) is 31.5 Å². The molecule has 3 N–H and O–H groups in total. The summed E-state index contributed by atoms with van der Waals surface area (Å²) >= 11 is 0. The Kier molecular flexibility index (Phi) is 4.04. The molecule has 0 bridgehead atoms. The lowest BCUT2D eigenvalue weighted by atomic mass is 9.93. The maximum Gasteiger partial charge on any atom is 0.126 e. The number of hydrogen-bond donors (Lipinski definition) is 2. The molecule has 2 atom stereocenters. The van der Waals surface area contributed by atoms with Crippen LogP contribution in [0.5, 0.6) is 0 Å². The molecule has 1 aromatic rings. The summed E-state index contributed by atoms with van der Waals surface area (Å²) in [6.07, 6.45) is 0.0420. The van der Waals surface area contributed by atoms with Crippen molar-refractivity contribution in [1.82, 2.24) is 0 Å². The molecule has 0 heterocycles. The summed E-state index contributed by atoms with van der Waals surface area (Å²) < 4.78 is 13.3. The smallest absolute Gasteiger partial charge is 0.126 e. The van der Waals surface area contributed by atoms with E-state index >= 15 is 0 Å². The van der Waals surface area contributed by atoms with Crippen LogP contribution in [0, 0.1) is 5.82 Å². The molecule has 0 spiro atoms. The third-order valence-corrected chi connectivity index (χ3v) is 2.26. The molecule has 0 aliphatic rings. The van der Waals surface area contributed by atoms with E-state index in [0.29, 0.717) is 18.5 Å². The van der Waals surface area contributed by atoms with E-state index in [4.69, 9.17) is 5.73 Å². The molecule has 0 saturated heterocycles. The first kappa shape index (κ1) is 11.1. The lowest BCUT2D eigenvalue weighted by molar-refractivity contribution is 0.174. The second-order valence-corrected chi connectivity index (χ2v) is 3.54. The van der Waals surface area contributed by atoms with Gasteiger partial charge in [0.25, 0.3) is 0 Å². The van der Waals surface area contributed by atoms with E-state index in [9.17, 15) is 9.50 Å². The number of aliphatic hydroxyl groups is 1. The molecule has 0 aromatic heterocycles. The van der Waals surface area contributed by atoms with Gasteiger partial charge in [-0.2, -0.15) is 0 Å². The Balaban J connectivity index is 2.83. The van der Waals surface area contributed by atoms with Gasteiger partial charge >= 0.3 is 0 Å². The topological polar surface area (TPSA) is 46.2 Å². The second kappa shape index (κ2) is 5.08. The number of rotatable bonds is 4. The summed E-state index contributed by atoms with van der Waals surface area (Å²) in [5.74, 6) is -0.347. The average molecular weight is 197 g/mol. The molecular weight excluding hydrogens is 181 g/mol. The van der Waals surface area contributed by atoms with Crippen LogP contribution >= 0.6 is 0 Å². The van der Waals surface area contributed by atoms with Gasteiger partial charge in [-0.25, -0.2) is 4.39 Å². The van der Waals surface area contributed by atoms with Crippen molar-refractivity contribution in [3.05, 3.63) is 35.6 Å². The number of halogens is 1. The molecule has 1 aromatic carbocycles. The summed E-state index contributed by atoms with van der Waals surface area (Å²) in [6.45, 7) is 2.04. The standard InChI is InChI=1S/C11H16FNO/c1-8(14)6-9(7-13)10-4-2-3-5-11(10)12/h2-5,8-9,14H,6-7,13H2,1H3. The SMILES string of the molecule is CC(O)CC(CN)c1ccccc1F. The van der Waals surface area contributed by atoms with Crippen LogP contribution in [0.2, 0.25) is 0 Å². The van der Waals surface area contributed by atoms with Gasteiger partial charge in [-0.1, -0.05) is 18.2 Å². The van der Waals surface area contributed by atoms with Gasteiger partial charge in [0.15, 0.2) is 0 Å². The average Bonchev–Trinajstić information content (AvgIpc) is 2.15. The van der Waals surface area contributed by atoms with Crippen molar-refractivity contribution in [2.75, 3.05) is 6.54 Å². The highest BCUT2D eigenvalue weighted by Gasteiger charge is 2.15. The van der Waals surface area contributed by atoms with Gasteiger partial charge in [0.2, 0.25) is 0 Å². The van der Waals surface area contributed by atoms with Gasteiger partial charge in [-0.3, -0.25) is 0 Å². The molecule has 14 heavy (non-hydrogen) atoms. The summed E-state index contributed by atoms with van der Waals surface area (Å²) in [5.41, 5.74) is 6.14. The lowest BCUT2D eigenvalue weighted by Crippen LogP contribution is -2.18. The van der Waals surface area contributed by atoms with E-state index in [2.05, 4.69) is 0 Å². The summed E-state index contributed by atoms with van der Waals surface area (Å²) in [6, 6.07) is 6.56. The highest BCUT2D eigenvalue weighted by Crippen LogP contribution is 2.22. The van der Waals surface area contributed by atoms with Crippen LogP contribution in [0.3, 0.4) is 0 Å². The monoisotopic (exact) mass is 197 g/mol. The molecule has 0 aliphatic carbocycles. The quantitative estimate of drug-likeness (QED) is 0.770. The zero-order valence-corrected chi connectivity index (χ0v) is 8.28. The molecule has 0 aliphatic heterocycles. The minimum Gasteiger partial charge on any atom is -0.393 e. The van der Waals surface area contributed by atoms with E-state index in [1.54, 1.807) is 25.1 Å². The zero-order valence-electron chi connectivity index (χ0n) is 8.28. The van der Waals surface area contributed by atoms with Crippen molar-refractivity contribution in [2.24, 2.45) is 5.73 Å². The van der Waals surface area contributed by atoms with Crippen LogP contribution in [-0.2, 0) is 0 Å². The molecule has 78 valence electrons. The van der Waals surface area contributed by atoms with Crippen LogP contribution < -0.4 is 5.73 Å². The zero-order chi connectivity index (χ0) is 10.6. The number of aliphatic hydroxyl groups excluding tert-OH is 1. The third-order valence-electron chi connectivity index (χ3n) is 2.26. The molecule has 0 radical (unpaired) electrons. The predicted molar refractivity (Wildman–Crippen MR) is 54.5 cm³/mol. The second-order valence-electron chi connectivity index (χ2n) is 3.54. The van der Waals surface area contributed by atoms with Gasteiger partial charge in [0.1, 0.15) is 5.82 Å². The van der Waals surface area contributed by atoms with Crippen molar-refractivity contribution < 1.29 is 9.50 Å². The first-order valence-corrected chi connectivity index (χ1v) is 4.77. The maximum absolute atomic E-state index is 13.3. The number of benzene rings is 1. The molecule has 0 amide bonds. The van der Waals surface area contributed by atoms with E-state index < -0.39 is 6.10 Å². The van der Waals surface area contributed by atoms with Gasteiger partial charge in [0.05, 0.1) is 6.10 Å². The Morgan fingerprint density at radius 2 is 2.07 bits per heavy atom. The highest BCUT2D eigenvalue weighted by molar-refractivity contribution is 5.22. The van der Waals surface area contributed by atoms with Gasteiger partial charge in [-0.15, -0.1) is 0 Å². The minimum atomic E-state index is -0.455. The predicted octanol–water partition coefficient (Wildman–Crippen LogP) is 1.64. The summed E-state index contributed by atoms with van der Waals surface area (Å²) in [5, 5.41) is 9.23.